The Hall–Kier alpha value is -1.03. The van der Waals surface area contributed by atoms with Gasteiger partial charge in [0.15, 0.2) is 5.78 Å². The van der Waals surface area contributed by atoms with Crippen LogP contribution in [-0.2, 0) is 0 Å². The molecule has 0 atom stereocenters. The van der Waals surface area contributed by atoms with Crippen LogP contribution in [-0.4, -0.2) is 19.0 Å². The summed E-state index contributed by atoms with van der Waals surface area (Å²) in [5.41, 5.74) is 0.593. The van der Waals surface area contributed by atoms with Crippen molar-refractivity contribution in [3.05, 3.63) is 22.2 Å². The summed E-state index contributed by atoms with van der Waals surface area (Å²) in [6, 6.07) is 3.59. The van der Waals surface area contributed by atoms with Gasteiger partial charge in [0.25, 0.3) is 0 Å². The van der Waals surface area contributed by atoms with Gasteiger partial charge < -0.3 is 9.47 Å². The molecule has 1 aromatic carbocycles. The summed E-state index contributed by atoms with van der Waals surface area (Å²) in [6.45, 7) is 7.06. The molecule has 1 rings (SSSR count). The molecule has 4 heteroatoms. The molecular formula is C16H23BrO3. The third-order valence-corrected chi connectivity index (χ3v) is 3.54. The van der Waals surface area contributed by atoms with Gasteiger partial charge in [0.05, 0.1) is 23.2 Å². The Balaban J connectivity index is 2.91. The minimum absolute atomic E-state index is 0.00249. The number of carbonyl (C=O) groups excluding carboxylic acids is 1. The van der Waals surface area contributed by atoms with Crippen molar-refractivity contribution in [2.24, 2.45) is 0 Å². The van der Waals surface area contributed by atoms with E-state index in [2.05, 4.69) is 29.8 Å². The number of halogens is 1. The third kappa shape index (κ3) is 5.16. The molecule has 0 aliphatic heterocycles. The van der Waals surface area contributed by atoms with Crippen molar-refractivity contribution >= 4 is 21.7 Å². The summed E-state index contributed by atoms with van der Waals surface area (Å²) in [7, 11) is 0. The maximum atomic E-state index is 11.7. The van der Waals surface area contributed by atoms with E-state index < -0.39 is 0 Å². The monoisotopic (exact) mass is 342 g/mol. The van der Waals surface area contributed by atoms with Crippen molar-refractivity contribution in [2.45, 2.75) is 46.5 Å². The summed E-state index contributed by atoms with van der Waals surface area (Å²) >= 11 is 3.45. The average molecular weight is 343 g/mol. The lowest BCUT2D eigenvalue weighted by atomic mass is 10.1. The van der Waals surface area contributed by atoms with Crippen molar-refractivity contribution < 1.29 is 14.3 Å². The fraction of sp³-hybridized carbons (Fsp3) is 0.562. The molecule has 0 N–H and O–H groups in total. The molecule has 0 amide bonds. The van der Waals surface area contributed by atoms with Crippen molar-refractivity contribution in [2.75, 3.05) is 13.2 Å². The quantitative estimate of drug-likeness (QED) is 0.467. The number of hydrogen-bond acceptors (Lipinski definition) is 3. The van der Waals surface area contributed by atoms with Crippen LogP contribution in [0.2, 0.25) is 0 Å². The highest BCUT2D eigenvalue weighted by Gasteiger charge is 2.14. The first-order chi connectivity index (χ1) is 9.60. The van der Waals surface area contributed by atoms with E-state index in [1.54, 1.807) is 13.0 Å². The summed E-state index contributed by atoms with van der Waals surface area (Å²) < 4.78 is 12.2. The highest BCUT2D eigenvalue weighted by Crippen LogP contribution is 2.33. The Bertz CT molecular complexity index is 444. The van der Waals surface area contributed by atoms with Crippen LogP contribution in [0.25, 0.3) is 0 Å². The van der Waals surface area contributed by atoms with E-state index in [-0.39, 0.29) is 5.78 Å². The molecule has 112 valence electrons. The standard InChI is InChI=1S/C16H23BrO3/c1-4-6-8-19-15-11-16(20-9-7-5-2)14(17)10-13(15)12(3)18/h10-11H,4-9H2,1-3H3. The van der Waals surface area contributed by atoms with Crippen molar-refractivity contribution in [3.63, 3.8) is 0 Å². The predicted octanol–water partition coefficient (Wildman–Crippen LogP) is 5.01. The third-order valence-electron chi connectivity index (χ3n) is 2.92. The molecule has 20 heavy (non-hydrogen) atoms. The normalized spacial score (nSPS) is 10.4. The topological polar surface area (TPSA) is 35.5 Å². The molecule has 0 saturated carbocycles. The van der Waals surface area contributed by atoms with E-state index in [4.69, 9.17) is 9.47 Å². The molecule has 0 spiro atoms. The number of ketones is 1. The zero-order valence-corrected chi connectivity index (χ0v) is 14.1. The maximum absolute atomic E-state index is 11.7. The number of ether oxygens (including phenoxy) is 2. The molecule has 0 fully saturated rings. The van der Waals surface area contributed by atoms with Gasteiger partial charge in [-0.05, 0) is 41.8 Å². The average Bonchev–Trinajstić information content (AvgIpc) is 2.41. The van der Waals surface area contributed by atoms with Crippen LogP contribution in [0.4, 0.5) is 0 Å². The molecule has 1 aromatic rings. The molecule has 3 nitrogen and oxygen atoms in total. The molecule has 0 bridgehead atoms. The van der Waals surface area contributed by atoms with E-state index in [1.807, 2.05) is 6.07 Å². The minimum atomic E-state index is -0.00249. The van der Waals surface area contributed by atoms with Gasteiger partial charge >= 0.3 is 0 Å². The molecule has 0 radical (unpaired) electrons. The molecule has 0 saturated heterocycles. The van der Waals surface area contributed by atoms with Crippen molar-refractivity contribution in [1.29, 1.82) is 0 Å². The second-order valence-electron chi connectivity index (χ2n) is 4.74. The second kappa shape index (κ2) is 9.01. The Morgan fingerprint density at radius 3 is 2.10 bits per heavy atom. The molecule has 0 aliphatic carbocycles. The first kappa shape index (κ1) is 17.0. The van der Waals surface area contributed by atoms with Crippen LogP contribution in [0.15, 0.2) is 16.6 Å². The van der Waals surface area contributed by atoms with Crippen molar-refractivity contribution in [1.82, 2.24) is 0 Å². The van der Waals surface area contributed by atoms with Gasteiger partial charge in [-0.3, -0.25) is 4.79 Å². The van der Waals surface area contributed by atoms with E-state index in [9.17, 15) is 4.79 Å². The van der Waals surface area contributed by atoms with Crippen LogP contribution in [0.3, 0.4) is 0 Å². The zero-order chi connectivity index (χ0) is 15.0. The lowest BCUT2D eigenvalue weighted by Gasteiger charge is -2.14. The molecule has 0 aromatic heterocycles. The number of Topliss-reactive ketones (excluding diaryl/α,β-unsaturated/α-hetero) is 1. The lowest BCUT2D eigenvalue weighted by Crippen LogP contribution is -2.05. The number of unbranched alkanes of at least 4 members (excludes halogenated alkanes) is 2. The molecule has 0 unspecified atom stereocenters. The van der Waals surface area contributed by atoms with Gasteiger partial charge in [0, 0.05) is 6.07 Å². The Morgan fingerprint density at radius 2 is 1.60 bits per heavy atom. The van der Waals surface area contributed by atoms with Crippen LogP contribution >= 0.6 is 15.9 Å². The molecule has 0 heterocycles. The highest BCUT2D eigenvalue weighted by atomic mass is 79.9. The molecular weight excluding hydrogens is 320 g/mol. The zero-order valence-electron chi connectivity index (χ0n) is 12.5. The first-order valence-electron chi connectivity index (χ1n) is 7.20. The van der Waals surface area contributed by atoms with Crippen LogP contribution in [0.5, 0.6) is 11.5 Å². The number of carbonyl (C=O) groups is 1. The van der Waals surface area contributed by atoms with Crippen molar-refractivity contribution in [3.8, 4) is 11.5 Å². The van der Waals surface area contributed by atoms with Gasteiger partial charge in [0.1, 0.15) is 11.5 Å². The molecule has 0 aliphatic rings. The fourth-order valence-corrected chi connectivity index (χ4v) is 2.15. The number of rotatable bonds is 9. The minimum Gasteiger partial charge on any atom is -0.493 e. The van der Waals surface area contributed by atoms with Crippen LogP contribution in [0, 0.1) is 0 Å². The number of benzene rings is 1. The van der Waals surface area contributed by atoms with Crippen LogP contribution in [0.1, 0.15) is 56.8 Å². The number of hydrogen-bond donors (Lipinski definition) is 0. The van der Waals surface area contributed by atoms with Gasteiger partial charge in [-0.25, -0.2) is 0 Å². The largest absolute Gasteiger partial charge is 0.493 e. The van der Waals surface area contributed by atoms with E-state index in [1.165, 1.54) is 0 Å². The van der Waals surface area contributed by atoms with Gasteiger partial charge in [-0.2, -0.15) is 0 Å². The summed E-state index contributed by atoms with van der Waals surface area (Å²) in [5.74, 6) is 1.34. The summed E-state index contributed by atoms with van der Waals surface area (Å²) in [5, 5.41) is 0. The van der Waals surface area contributed by atoms with E-state index >= 15 is 0 Å². The van der Waals surface area contributed by atoms with E-state index in [0.29, 0.717) is 24.5 Å². The highest BCUT2D eigenvalue weighted by molar-refractivity contribution is 9.10. The SMILES string of the molecule is CCCCOc1cc(OCCCC)c(C(C)=O)cc1Br. The Labute approximate surface area is 129 Å². The van der Waals surface area contributed by atoms with Gasteiger partial charge in [0.2, 0.25) is 0 Å². The smallest absolute Gasteiger partial charge is 0.163 e. The Kier molecular flexibility index (Phi) is 7.67. The first-order valence-corrected chi connectivity index (χ1v) is 7.99. The fourth-order valence-electron chi connectivity index (χ4n) is 1.69. The lowest BCUT2D eigenvalue weighted by molar-refractivity contribution is 0.101. The van der Waals surface area contributed by atoms with E-state index in [0.717, 1.165) is 35.9 Å². The summed E-state index contributed by atoms with van der Waals surface area (Å²) in [4.78, 5) is 11.7. The summed E-state index contributed by atoms with van der Waals surface area (Å²) in [6.07, 6.45) is 4.13. The van der Waals surface area contributed by atoms with Crippen LogP contribution < -0.4 is 9.47 Å². The van der Waals surface area contributed by atoms with Gasteiger partial charge in [-0.15, -0.1) is 0 Å². The second-order valence-corrected chi connectivity index (χ2v) is 5.59. The van der Waals surface area contributed by atoms with Gasteiger partial charge in [-0.1, -0.05) is 26.7 Å². The Morgan fingerprint density at radius 1 is 1.05 bits per heavy atom. The maximum Gasteiger partial charge on any atom is 0.163 e. The predicted molar refractivity (Wildman–Crippen MR) is 85.0 cm³/mol.